The van der Waals surface area contributed by atoms with Gasteiger partial charge < -0.3 is 15.2 Å². The number of aryl methyl sites for hydroxylation is 1. The molecule has 2 rings (SSSR count). The first-order valence-electron chi connectivity index (χ1n) is 9.00. The highest BCUT2D eigenvalue weighted by Crippen LogP contribution is 2.32. The Balaban J connectivity index is 2.08. The summed E-state index contributed by atoms with van der Waals surface area (Å²) < 4.78 is 5.77. The minimum absolute atomic E-state index is 0.0956. The van der Waals surface area contributed by atoms with Crippen molar-refractivity contribution in [1.82, 2.24) is 10.7 Å². The number of hydrazone groups is 1. The molecule has 0 fully saturated rings. The standard InChI is InChI=1S/C21H24BrN3O4/c1-12(2)18(24-20(27)14-7-5-13(3)6-8-14)21(28)25-23-11-15-9-16(22)10-17(29-4)19(15)26/h5-12,18,26H,1-4H3,(H,24,27)(H,25,28). The van der Waals surface area contributed by atoms with Gasteiger partial charge in [-0.1, -0.05) is 47.5 Å². The number of methoxy groups -OCH3 is 1. The summed E-state index contributed by atoms with van der Waals surface area (Å²) in [7, 11) is 1.44. The molecule has 1 atom stereocenters. The zero-order valence-corrected chi connectivity index (χ0v) is 18.3. The van der Waals surface area contributed by atoms with E-state index in [2.05, 4.69) is 31.8 Å². The lowest BCUT2D eigenvalue weighted by molar-refractivity contribution is -0.123. The van der Waals surface area contributed by atoms with Crippen molar-refractivity contribution in [2.45, 2.75) is 26.8 Å². The second-order valence-electron chi connectivity index (χ2n) is 6.84. The molecule has 0 aliphatic rings. The largest absolute Gasteiger partial charge is 0.504 e. The van der Waals surface area contributed by atoms with Crippen molar-refractivity contribution >= 4 is 34.0 Å². The van der Waals surface area contributed by atoms with E-state index in [1.807, 2.05) is 32.9 Å². The van der Waals surface area contributed by atoms with Crippen LogP contribution in [0.25, 0.3) is 0 Å². The summed E-state index contributed by atoms with van der Waals surface area (Å²) in [6.45, 7) is 5.59. The van der Waals surface area contributed by atoms with Gasteiger partial charge in [0.25, 0.3) is 11.8 Å². The van der Waals surface area contributed by atoms with Gasteiger partial charge in [0.1, 0.15) is 6.04 Å². The maximum absolute atomic E-state index is 12.5. The number of rotatable bonds is 7. The first kappa shape index (κ1) is 22.4. The number of amides is 2. The molecule has 8 heteroatoms. The first-order chi connectivity index (χ1) is 13.7. The first-order valence-corrected chi connectivity index (χ1v) is 9.79. The molecule has 3 N–H and O–H groups in total. The Bertz CT molecular complexity index is 911. The molecule has 7 nitrogen and oxygen atoms in total. The van der Waals surface area contributed by atoms with Crippen LogP contribution < -0.4 is 15.5 Å². The third kappa shape index (κ3) is 6.05. The monoisotopic (exact) mass is 461 g/mol. The third-order valence-electron chi connectivity index (χ3n) is 4.22. The normalized spacial score (nSPS) is 12.1. The lowest BCUT2D eigenvalue weighted by atomic mass is 10.0. The van der Waals surface area contributed by atoms with Crippen LogP contribution in [0.5, 0.6) is 11.5 Å². The number of hydrogen-bond acceptors (Lipinski definition) is 5. The maximum Gasteiger partial charge on any atom is 0.262 e. The maximum atomic E-state index is 12.5. The number of phenolic OH excluding ortho intramolecular Hbond substituents is 1. The molecule has 2 aromatic rings. The highest BCUT2D eigenvalue weighted by molar-refractivity contribution is 9.10. The molecule has 0 saturated carbocycles. The summed E-state index contributed by atoms with van der Waals surface area (Å²) >= 11 is 3.32. The van der Waals surface area contributed by atoms with Gasteiger partial charge in [-0.05, 0) is 37.1 Å². The number of hydrogen-bond donors (Lipinski definition) is 3. The molecule has 0 saturated heterocycles. The van der Waals surface area contributed by atoms with E-state index in [0.29, 0.717) is 15.6 Å². The van der Waals surface area contributed by atoms with Gasteiger partial charge in [-0.2, -0.15) is 5.10 Å². The van der Waals surface area contributed by atoms with Crippen molar-refractivity contribution in [1.29, 1.82) is 0 Å². The van der Waals surface area contributed by atoms with E-state index >= 15 is 0 Å². The zero-order chi connectivity index (χ0) is 21.6. The van der Waals surface area contributed by atoms with Gasteiger partial charge in [-0.15, -0.1) is 0 Å². The van der Waals surface area contributed by atoms with E-state index in [1.54, 1.807) is 24.3 Å². The molecule has 0 aliphatic heterocycles. The summed E-state index contributed by atoms with van der Waals surface area (Å²) in [5.41, 5.74) is 4.29. The topological polar surface area (TPSA) is 100 Å². The van der Waals surface area contributed by atoms with Crippen molar-refractivity contribution in [3.05, 3.63) is 57.6 Å². The van der Waals surface area contributed by atoms with E-state index < -0.39 is 11.9 Å². The summed E-state index contributed by atoms with van der Waals surface area (Å²) in [5, 5.41) is 16.8. The number of carbonyl (C=O) groups is 2. The molecule has 1 unspecified atom stereocenters. The Hall–Kier alpha value is -2.87. The van der Waals surface area contributed by atoms with Gasteiger partial charge in [0.05, 0.1) is 13.3 Å². The Labute approximate surface area is 178 Å². The molecule has 0 heterocycles. The number of ether oxygens (including phenoxy) is 1. The highest BCUT2D eigenvalue weighted by Gasteiger charge is 2.24. The predicted molar refractivity (Wildman–Crippen MR) is 115 cm³/mol. The predicted octanol–water partition coefficient (Wildman–Crippen LogP) is 3.38. The molecule has 154 valence electrons. The molecule has 0 aliphatic carbocycles. The van der Waals surface area contributed by atoms with E-state index in [4.69, 9.17) is 4.74 Å². The molecule has 0 spiro atoms. The van der Waals surface area contributed by atoms with Gasteiger partial charge in [0, 0.05) is 15.6 Å². The van der Waals surface area contributed by atoms with Crippen LogP contribution in [-0.2, 0) is 4.79 Å². The fourth-order valence-corrected chi connectivity index (χ4v) is 3.00. The molecule has 2 aromatic carbocycles. The van der Waals surface area contributed by atoms with Crippen LogP contribution in [0.15, 0.2) is 46.0 Å². The number of carbonyl (C=O) groups excluding carboxylic acids is 2. The minimum Gasteiger partial charge on any atom is -0.504 e. The average Bonchev–Trinajstić information content (AvgIpc) is 2.68. The second kappa shape index (κ2) is 10.1. The van der Waals surface area contributed by atoms with Gasteiger partial charge in [-0.25, -0.2) is 5.43 Å². The van der Waals surface area contributed by atoms with Crippen molar-refractivity contribution in [2.24, 2.45) is 11.0 Å². The minimum atomic E-state index is -0.772. The summed E-state index contributed by atoms with van der Waals surface area (Å²) in [6, 6.07) is 9.56. The molecule has 0 radical (unpaired) electrons. The number of nitrogens with one attached hydrogen (secondary N) is 2. The number of halogens is 1. The lowest BCUT2D eigenvalue weighted by Crippen LogP contribution is -2.48. The van der Waals surface area contributed by atoms with Gasteiger partial charge in [0.2, 0.25) is 0 Å². The van der Waals surface area contributed by atoms with Crippen LogP contribution in [-0.4, -0.2) is 36.3 Å². The van der Waals surface area contributed by atoms with E-state index in [1.165, 1.54) is 13.3 Å². The molecule has 0 bridgehead atoms. The quantitative estimate of drug-likeness (QED) is 0.434. The van der Waals surface area contributed by atoms with Crippen molar-refractivity contribution < 1.29 is 19.4 Å². The fourth-order valence-electron chi connectivity index (χ4n) is 2.55. The second-order valence-corrected chi connectivity index (χ2v) is 7.76. The van der Waals surface area contributed by atoms with Crippen LogP contribution >= 0.6 is 15.9 Å². The van der Waals surface area contributed by atoms with Crippen molar-refractivity contribution in [3.8, 4) is 11.5 Å². The van der Waals surface area contributed by atoms with Crippen LogP contribution in [0, 0.1) is 12.8 Å². The Morgan fingerprint density at radius 1 is 1.21 bits per heavy atom. The molecular formula is C21H24BrN3O4. The third-order valence-corrected chi connectivity index (χ3v) is 4.67. The molecule has 29 heavy (non-hydrogen) atoms. The van der Waals surface area contributed by atoms with E-state index in [9.17, 15) is 14.7 Å². The SMILES string of the molecule is COc1cc(Br)cc(C=NNC(=O)C(NC(=O)c2ccc(C)cc2)C(C)C)c1O. The Morgan fingerprint density at radius 3 is 2.45 bits per heavy atom. The number of aromatic hydroxyl groups is 1. The summed E-state index contributed by atoms with van der Waals surface area (Å²) in [5.74, 6) is -0.770. The smallest absolute Gasteiger partial charge is 0.262 e. The average molecular weight is 462 g/mol. The summed E-state index contributed by atoms with van der Waals surface area (Å²) in [6.07, 6.45) is 1.31. The van der Waals surface area contributed by atoms with Gasteiger partial charge >= 0.3 is 0 Å². The molecule has 2 amide bonds. The van der Waals surface area contributed by atoms with Crippen LogP contribution in [0.4, 0.5) is 0 Å². The number of phenols is 1. The Morgan fingerprint density at radius 2 is 1.86 bits per heavy atom. The zero-order valence-electron chi connectivity index (χ0n) is 16.7. The highest BCUT2D eigenvalue weighted by atomic mass is 79.9. The molecule has 0 aromatic heterocycles. The Kier molecular flexibility index (Phi) is 7.78. The summed E-state index contributed by atoms with van der Waals surface area (Å²) in [4.78, 5) is 25.0. The van der Waals surface area contributed by atoms with Crippen LogP contribution in [0.1, 0.15) is 35.3 Å². The number of nitrogens with zero attached hydrogens (tertiary/aromatic N) is 1. The van der Waals surface area contributed by atoms with E-state index in [-0.39, 0.29) is 23.3 Å². The lowest BCUT2D eigenvalue weighted by Gasteiger charge is -2.20. The fraction of sp³-hybridized carbons (Fsp3) is 0.286. The van der Waals surface area contributed by atoms with Crippen LogP contribution in [0.2, 0.25) is 0 Å². The molecular weight excluding hydrogens is 438 g/mol. The van der Waals surface area contributed by atoms with Crippen LogP contribution in [0.3, 0.4) is 0 Å². The van der Waals surface area contributed by atoms with Crippen molar-refractivity contribution in [2.75, 3.05) is 7.11 Å². The van der Waals surface area contributed by atoms with Crippen molar-refractivity contribution in [3.63, 3.8) is 0 Å². The number of benzene rings is 2. The van der Waals surface area contributed by atoms with E-state index in [0.717, 1.165) is 5.56 Å². The van der Waals surface area contributed by atoms with Gasteiger partial charge in [-0.3, -0.25) is 9.59 Å². The van der Waals surface area contributed by atoms with Gasteiger partial charge in [0.15, 0.2) is 11.5 Å².